The number of imidazole rings is 1. The zero-order valence-electron chi connectivity index (χ0n) is 11.2. The molecule has 0 saturated heterocycles. The maximum absolute atomic E-state index is 6.04. The van der Waals surface area contributed by atoms with Crippen LogP contribution in [0, 0.1) is 0 Å². The van der Waals surface area contributed by atoms with Crippen molar-refractivity contribution in [2.24, 2.45) is 0 Å². The first-order valence-electron chi connectivity index (χ1n) is 6.52. The lowest BCUT2D eigenvalue weighted by Crippen LogP contribution is -2.08. The fourth-order valence-corrected chi connectivity index (χ4v) is 1.88. The highest BCUT2D eigenvalue weighted by Gasteiger charge is 2.04. The predicted molar refractivity (Wildman–Crippen MR) is 77.4 cm³/mol. The Hall–Kier alpha value is -2.17. The number of hydrogen-bond donors (Lipinski definition) is 2. The number of nitrogens with zero attached hydrogens (tertiary/aromatic N) is 2. The van der Waals surface area contributed by atoms with Gasteiger partial charge >= 0.3 is 0 Å². The van der Waals surface area contributed by atoms with Gasteiger partial charge < -0.3 is 20.4 Å². The Morgan fingerprint density at radius 1 is 1.42 bits per heavy atom. The molecule has 0 radical (unpaired) electrons. The fraction of sp³-hybridized carbons (Fsp3) is 0.357. The van der Waals surface area contributed by atoms with Gasteiger partial charge in [0.25, 0.3) is 0 Å². The highest BCUT2D eigenvalue weighted by molar-refractivity contribution is 5.72. The van der Waals surface area contributed by atoms with E-state index in [-0.39, 0.29) is 0 Å². The number of benzene rings is 1. The summed E-state index contributed by atoms with van der Waals surface area (Å²) in [6, 6.07) is 5.80. The first-order chi connectivity index (χ1) is 9.31. The SMILES string of the molecule is CCOc1cccc(NCCCn2ccnc2)c1N. The van der Waals surface area contributed by atoms with Crippen LogP contribution in [0.25, 0.3) is 0 Å². The van der Waals surface area contributed by atoms with Gasteiger partial charge in [-0.2, -0.15) is 0 Å². The molecule has 0 aliphatic carbocycles. The van der Waals surface area contributed by atoms with Crippen molar-refractivity contribution in [3.05, 3.63) is 36.9 Å². The first-order valence-corrected chi connectivity index (χ1v) is 6.52. The molecule has 5 nitrogen and oxygen atoms in total. The summed E-state index contributed by atoms with van der Waals surface area (Å²) in [5, 5.41) is 3.34. The van der Waals surface area contributed by atoms with Crippen LogP contribution in [0.4, 0.5) is 11.4 Å². The molecular weight excluding hydrogens is 240 g/mol. The molecule has 0 spiro atoms. The minimum atomic E-state index is 0.619. The number of aryl methyl sites for hydroxylation is 1. The number of aromatic nitrogens is 2. The third kappa shape index (κ3) is 3.64. The van der Waals surface area contributed by atoms with Crippen LogP contribution in [0.15, 0.2) is 36.9 Å². The van der Waals surface area contributed by atoms with Crippen molar-refractivity contribution >= 4 is 11.4 Å². The summed E-state index contributed by atoms with van der Waals surface area (Å²) < 4.78 is 7.52. The second kappa shape index (κ2) is 6.68. The fourth-order valence-electron chi connectivity index (χ4n) is 1.88. The van der Waals surface area contributed by atoms with E-state index in [1.165, 1.54) is 0 Å². The summed E-state index contributed by atoms with van der Waals surface area (Å²) in [6.45, 7) is 4.37. The average Bonchev–Trinajstić information content (AvgIpc) is 2.92. The molecular formula is C14H20N4O. The maximum atomic E-state index is 6.04. The van der Waals surface area contributed by atoms with Gasteiger partial charge in [-0.25, -0.2) is 4.98 Å². The number of nitrogens with one attached hydrogen (secondary N) is 1. The zero-order valence-corrected chi connectivity index (χ0v) is 11.2. The Bertz CT molecular complexity index is 496. The van der Waals surface area contributed by atoms with Gasteiger partial charge in [0.1, 0.15) is 5.75 Å². The third-order valence-corrected chi connectivity index (χ3v) is 2.83. The van der Waals surface area contributed by atoms with Crippen LogP contribution in [0.2, 0.25) is 0 Å². The Kier molecular flexibility index (Phi) is 4.66. The van der Waals surface area contributed by atoms with Crippen LogP contribution >= 0.6 is 0 Å². The minimum absolute atomic E-state index is 0.619. The van der Waals surface area contributed by atoms with Gasteiger partial charge in [0.05, 0.1) is 24.3 Å². The quantitative estimate of drug-likeness (QED) is 0.592. The molecule has 2 aromatic rings. The van der Waals surface area contributed by atoms with Crippen molar-refractivity contribution in [2.45, 2.75) is 19.9 Å². The molecule has 19 heavy (non-hydrogen) atoms. The summed E-state index contributed by atoms with van der Waals surface area (Å²) >= 11 is 0. The monoisotopic (exact) mass is 260 g/mol. The van der Waals surface area contributed by atoms with E-state index in [0.717, 1.165) is 30.9 Å². The summed E-state index contributed by atoms with van der Waals surface area (Å²) in [6.07, 6.45) is 6.58. The highest BCUT2D eigenvalue weighted by Crippen LogP contribution is 2.29. The smallest absolute Gasteiger partial charge is 0.144 e. The topological polar surface area (TPSA) is 65.1 Å². The van der Waals surface area contributed by atoms with Crippen molar-refractivity contribution in [3.8, 4) is 5.75 Å². The lowest BCUT2D eigenvalue weighted by molar-refractivity contribution is 0.342. The Morgan fingerprint density at radius 2 is 2.32 bits per heavy atom. The Balaban J connectivity index is 1.83. The van der Waals surface area contributed by atoms with Crippen LogP contribution in [0.5, 0.6) is 5.75 Å². The van der Waals surface area contributed by atoms with Crippen molar-refractivity contribution in [2.75, 3.05) is 24.2 Å². The number of nitrogens with two attached hydrogens (primary N) is 1. The van der Waals surface area contributed by atoms with Crippen LogP contribution in [0.1, 0.15) is 13.3 Å². The van der Waals surface area contributed by atoms with E-state index in [4.69, 9.17) is 10.5 Å². The predicted octanol–water partition coefficient (Wildman–Crippen LogP) is 2.37. The van der Waals surface area contributed by atoms with Gasteiger partial charge in [-0.1, -0.05) is 6.07 Å². The Labute approximate surface area is 113 Å². The second-order valence-electron chi connectivity index (χ2n) is 4.23. The molecule has 102 valence electrons. The van der Waals surface area contributed by atoms with E-state index in [9.17, 15) is 0 Å². The van der Waals surface area contributed by atoms with Gasteiger partial charge in [-0.05, 0) is 25.5 Å². The molecule has 1 aromatic carbocycles. The summed E-state index contributed by atoms with van der Waals surface area (Å²) in [7, 11) is 0. The molecule has 0 bridgehead atoms. The van der Waals surface area contributed by atoms with Gasteiger partial charge in [0.15, 0.2) is 0 Å². The van der Waals surface area contributed by atoms with Crippen LogP contribution < -0.4 is 15.8 Å². The lowest BCUT2D eigenvalue weighted by atomic mass is 10.2. The summed E-state index contributed by atoms with van der Waals surface area (Å²) in [5.41, 5.74) is 7.64. The molecule has 0 aliphatic rings. The van der Waals surface area contributed by atoms with E-state index in [2.05, 4.69) is 14.9 Å². The number of para-hydroxylation sites is 1. The molecule has 0 aliphatic heterocycles. The molecule has 5 heteroatoms. The van der Waals surface area contributed by atoms with Gasteiger partial charge in [0.2, 0.25) is 0 Å². The largest absolute Gasteiger partial charge is 0.492 e. The summed E-state index contributed by atoms with van der Waals surface area (Å²) in [5.74, 6) is 0.738. The number of anilines is 2. The second-order valence-corrected chi connectivity index (χ2v) is 4.23. The van der Waals surface area contributed by atoms with Crippen molar-refractivity contribution < 1.29 is 4.74 Å². The number of nitrogen functional groups attached to an aromatic ring is 1. The van der Waals surface area contributed by atoms with Crippen molar-refractivity contribution in [1.82, 2.24) is 9.55 Å². The lowest BCUT2D eigenvalue weighted by Gasteiger charge is -2.13. The van der Waals surface area contributed by atoms with Crippen molar-refractivity contribution in [1.29, 1.82) is 0 Å². The van der Waals surface area contributed by atoms with Gasteiger partial charge in [-0.3, -0.25) is 0 Å². The van der Waals surface area contributed by atoms with E-state index < -0.39 is 0 Å². The van der Waals surface area contributed by atoms with E-state index in [0.29, 0.717) is 12.3 Å². The highest BCUT2D eigenvalue weighted by atomic mass is 16.5. The zero-order chi connectivity index (χ0) is 13.5. The van der Waals surface area contributed by atoms with E-state index in [1.54, 1.807) is 6.20 Å². The van der Waals surface area contributed by atoms with E-state index >= 15 is 0 Å². The number of rotatable bonds is 7. The van der Waals surface area contributed by atoms with Crippen molar-refractivity contribution in [3.63, 3.8) is 0 Å². The molecule has 0 saturated carbocycles. The average molecular weight is 260 g/mol. The van der Waals surface area contributed by atoms with E-state index in [1.807, 2.05) is 37.6 Å². The third-order valence-electron chi connectivity index (χ3n) is 2.83. The van der Waals surface area contributed by atoms with Crippen LogP contribution in [-0.4, -0.2) is 22.7 Å². The number of hydrogen-bond acceptors (Lipinski definition) is 4. The van der Waals surface area contributed by atoms with Crippen LogP contribution in [-0.2, 0) is 6.54 Å². The Morgan fingerprint density at radius 3 is 3.05 bits per heavy atom. The minimum Gasteiger partial charge on any atom is -0.492 e. The van der Waals surface area contributed by atoms with Gasteiger partial charge in [-0.15, -0.1) is 0 Å². The normalized spacial score (nSPS) is 10.4. The van der Waals surface area contributed by atoms with Gasteiger partial charge in [0, 0.05) is 25.5 Å². The summed E-state index contributed by atoms with van der Waals surface area (Å²) in [4.78, 5) is 4.01. The molecule has 0 amide bonds. The molecule has 0 atom stereocenters. The molecule has 1 aromatic heterocycles. The first kappa shape index (κ1) is 13.3. The maximum Gasteiger partial charge on any atom is 0.144 e. The standard InChI is InChI=1S/C14H20N4O/c1-2-19-13-6-3-5-12(14(13)15)17-7-4-9-18-10-8-16-11-18/h3,5-6,8,10-11,17H,2,4,7,9,15H2,1H3. The molecule has 1 heterocycles. The van der Waals surface area contributed by atoms with Crippen LogP contribution in [0.3, 0.4) is 0 Å². The molecule has 2 rings (SSSR count). The number of ether oxygens (including phenoxy) is 1. The molecule has 0 unspecified atom stereocenters. The molecule has 3 N–H and O–H groups in total. The molecule has 0 fully saturated rings.